The summed E-state index contributed by atoms with van der Waals surface area (Å²) >= 11 is 0. The van der Waals surface area contributed by atoms with Crippen molar-refractivity contribution in [2.24, 2.45) is 0 Å². The Balaban J connectivity index is 1.70. The molecule has 0 bridgehead atoms. The van der Waals surface area contributed by atoms with Crippen molar-refractivity contribution < 1.29 is 4.79 Å². The van der Waals surface area contributed by atoms with Crippen LogP contribution in [0.25, 0.3) is 10.8 Å². The smallest absolute Gasteiger partial charge is 0.272 e. The van der Waals surface area contributed by atoms with E-state index >= 15 is 0 Å². The third-order valence-electron chi connectivity index (χ3n) is 4.89. The van der Waals surface area contributed by atoms with Gasteiger partial charge in [-0.2, -0.15) is 5.10 Å². The van der Waals surface area contributed by atoms with Gasteiger partial charge in [0.1, 0.15) is 0 Å². The Kier molecular flexibility index (Phi) is 5.20. The third kappa shape index (κ3) is 4.09. The molecule has 1 heterocycles. The van der Waals surface area contributed by atoms with Crippen molar-refractivity contribution in [3.05, 3.63) is 106 Å². The van der Waals surface area contributed by atoms with Crippen LogP contribution in [0, 0.1) is 6.92 Å². The Morgan fingerprint density at radius 1 is 0.931 bits per heavy atom. The number of aryl methyl sites for hydroxylation is 1. The molecule has 0 aliphatic rings. The van der Waals surface area contributed by atoms with Gasteiger partial charge < -0.3 is 4.90 Å². The van der Waals surface area contributed by atoms with E-state index in [-0.39, 0.29) is 17.9 Å². The number of hydrogen-bond donors (Lipinski definition) is 1. The Bertz CT molecular complexity index is 1220. The van der Waals surface area contributed by atoms with Gasteiger partial charge in [-0.25, -0.2) is 5.10 Å². The lowest BCUT2D eigenvalue weighted by atomic mass is 10.1. The number of amides is 1. The molecule has 0 aliphatic carbocycles. The van der Waals surface area contributed by atoms with E-state index in [1.165, 1.54) is 0 Å². The topological polar surface area (TPSA) is 66.1 Å². The van der Waals surface area contributed by atoms with E-state index in [0.29, 0.717) is 23.0 Å². The lowest BCUT2D eigenvalue weighted by Gasteiger charge is -2.23. The minimum Gasteiger partial charge on any atom is -0.308 e. The van der Waals surface area contributed by atoms with E-state index in [0.717, 1.165) is 16.8 Å². The van der Waals surface area contributed by atoms with E-state index in [1.54, 1.807) is 17.0 Å². The van der Waals surface area contributed by atoms with Crippen molar-refractivity contribution >= 4 is 22.4 Å². The number of aromatic amines is 1. The zero-order valence-corrected chi connectivity index (χ0v) is 16.1. The van der Waals surface area contributed by atoms with E-state index in [1.807, 2.05) is 73.7 Å². The molecule has 3 aromatic carbocycles. The molecule has 0 saturated heterocycles. The average molecular weight is 383 g/mol. The van der Waals surface area contributed by atoms with Crippen LogP contribution in [-0.4, -0.2) is 16.1 Å². The quantitative estimate of drug-likeness (QED) is 0.566. The summed E-state index contributed by atoms with van der Waals surface area (Å²) in [6.07, 6.45) is 0.0953. The van der Waals surface area contributed by atoms with Gasteiger partial charge in [0.05, 0.1) is 24.0 Å². The maximum atomic E-state index is 13.4. The molecule has 5 nitrogen and oxygen atoms in total. The molecule has 0 fully saturated rings. The number of anilines is 1. The summed E-state index contributed by atoms with van der Waals surface area (Å²) in [6.45, 7) is 2.47. The molecule has 144 valence electrons. The number of carbonyl (C=O) groups is 1. The van der Waals surface area contributed by atoms with Crippen LogP contribution in [0.3, 0.4) is 0 Å². The molecule has 1 amide bonds. The van der Waals surface area contributed by atoms with Crippen molar-refractivity contribution in [1.82, 2.24) is 10.2 Å². The van der Waals surface area contributed by atoms with Crippen LogP contribution in [0.1, 0.15) is 16.8 Å². The Morgan fingerprint density at radius 2 is 1.66 bits per heavy atom. The molecule has 1 N–H and O–H groups in total. The number of nitrogens with zero attached hydrogens (tertiary/aromatic N) is 2. The summed E-state index contributed by atoms with van der Waals surface area (Å²) in [4.78, 5) is 27.2. The Morgan fingerprint density at radius 3 is 2.41 bits per heavy atom. The second kappa shape index (κ2) is 8.10. The van der Waals surface area contributed by atoms with Gasteiger partial charge in [0.25, 0.3) is 5.56 Å². The summed E-state index contributed by atoms with van der Waals surface area (Å²) in [5, 5.41) is 7.91. The summed E-state index contributed by atoms with van der Waals surface area (Å²) in [5.41, 5.74) is 3.28. The van der Waals surface area contributed by atoms with Gasteiger partial charge in [-0.3, -0.25) is 9.59 Å². The average Bonchev–Trinajstić information content (AvgIpc) is 2.75. The first-order valence-electron chi connectivity index (χ1n) is 9.49. The van der Waals surface area contributed by atoms with Crippen LogP contribution >= 0.6 is 0 Å². The van der Waals surface area contributed by atoms with Gasteiger partial charge in [-0.05, 0) is 36.2 Å². The zero-order chi connectivity index (χ0) is 20.2. The fourth-order valence-electron chi connectivity index (χ4n) is 3.43. The van der Waals surface area contributed by atoms with Crippen molar-refractivity contribution in [3.8, 4) is 0 Å². The van der Waals surface area contributed by atoms with Crippen LogP contribution in [0.4, 0.5) is 5.69 Å². The normalized spacial score (nSPS) is 10.8. The van der Waals surface area contributed by atoms with Crippen LogP contribution in [0.5, 0.6) is 0 Å². The molecule has 0 atom stereocenters. The molecule has 4 rings (SSSR count). The summed E-state index contributed by atoms with van der Waals surface area (Å²) in [5.74, 6) is -0.0795. The van der Waals surface area contributed by atoms with Crippen molar-refractivity contribution in [2.45, 2.75) is 19.9 Å². The van der Waals surface area contributed by atoms with Crippen molar-refractivity contribution in [3.63, 3.8) is 0 Å². The summed E-state index contributed by atoms with van der Waals surface area (Å²) in [7, 11) is 0. The number of carbonyl (C=O) groups excluding carboxylic acids is 1. The third-order valence-corrected chi connectivity index (χ3v) is 4.89. The maximum Gasteiger partial charge on any atom is 0.272 e. The monoisotopic (exact) mass is 383 g/mol. The first-order valence-corrected chi connectivity index (χ1v) is 9.49. The summed E-state index contributed by atoms with van der Waals surface area (Å²) < 4.78 is 0. The molecule has 0 spiro atoms. The second-order valence-corrected chi connectivity index (χ2v) is 7.03. The van der Waals surface area contributed by atoms with Gasteiger partial charge in [-0.1, -0.05) is 60.7 Å². The molecular weight excluding hydrogens is 362 g/mol. The fourth-order valence-corrected chi connectivity index (χ4v) is 3.43. The fraction of sp³-hybridized carbons (Fsp3) is 0.125. The predicted molar refractivity (Wildman–Crippen MR) is 115 cm³/mol. The van der Waals surface area contributed by atoms with E-state index < -0.39 is 0 Å². The van der Waals surface area contributed by atoms with Crippen LogP contribution < -0.4 is 10.5 Å². The number of H-pyrrole nitrogens is 1. The molecule has 0 radical (unpaired) electrons. The van der Waals surface area contributed by atoms with Crippen LogP contribution in [0.2, 0.25) is 0 Å². The largest absolute Gasteiger partial charge is 0.308 e. The minimum absolute atomic E-state index is 0.0795. The number of benzene rings is 3. The molecule has 0 unspecified atom stereocenters. The molecular formula is C24H21N3O2. The van der Waals surface area contributed by atoms with Gasteiger partial charge in [0.15, 0.2) is 0 Å². The molecule has 4 aromatic rings. The van der Waals surface area contributed by atoms with Crippen molar-refractivity contribution in [2.75, 3.05) is 4.90 Å². The number of nitrogens with one attached hydrogen (secondary N) is 1. The zero-order valence-electron chi connectivity index (χ0n) is 16.1. The highest BCUT2D eigenvalue weighted by Gasteiger charge is 2.19. The minimum atomic E-state index is -0.253. The molecule has 0 aliphatic heterocycles. The predicted octanol–water partition coefficient (Wildman–Crippen LogP) is 4.01. The van der Waals surface area contributed by atoms with Gasteiger partial charge in [0.2, 0.25) is 5.91 Å². The lowest BCUT2D eigenvalue weighted by Crippen LogP contribution is -2.32. The number of hydrogen-bond acceptors (Lipinski definition) is 3. The number of rotatable bonds is 5. The van der Waals surface area contributed by atoms with Crippen LogP contribution in [0.15, 0.2) is 83.7 Å². The molecule has 0 saturated carbocycles. The molecule has 5 heteroatoms. The van der Waals surface area contributed by atoms with Gasteiger partial charge in [-0.15, -0.1) is 0 Å². The van der Waals surface area contributed by atoms with E-state index in [9.17, 15) is 9.59 Å². The van der Waals surface area contributed by atoms with E-state index in [2.05, 4.69) is 10.2 Å². The first kappa shape index (κ1) is 18.6. The van der Waals surface area contributed by atoms with Gasteiger partial charge >= 0.3 is 0 Å². The maximum absolute atomic E-state index is 13.4. The van der Waals surface area contributed by atoms with Crippen molar-refractivity contribution in [1.29, 1.82) is 0 Å². The molecule has 29 heavy (non-hydrogen) atoms. The summed E-state index contributed by atoms with van der Waals surface area (Å²) in [6, 6.07) is 25.0. The standard InChI is InChI=1S/C24H21N3O2/c1-17-8-7-11-19(14-17)27(16-18-9-3-2-4-10-18)23(28)15-22-20-12-5-6-13-21(20)24(29)26-25-22/h2-14H,15-16H2,1H3,(H,26,29). The SMILES string of the molecule is Cc1cccc(N(Cc2ccccc2)C(=O)Cc2n[nH]c(=O)c3ccccc23)c1. The Hall–Kier alpha value is -3.73. The number of aromatic nitrogens is 2. The molecule has 1 aromatic heterocycles. The number of fused-ring (bicyclic) bond motifs is 1. The van der Waals surface area contributed by atoms with Crippen LogP contribution in [-0.2, 0) is 17.8 Å². The van der Waals surface area contributed by atoms with E-state index in [4.69, 9.17) is 0 Å². The second-order valence-electron chi connectivity index (χ2n) is 7.03. The lowest BCUT2D eigenvalue weighted by molar-refractivity contribution is -0.118. The Labute approximate surface area is 168 Å². The van der Waals surface area contributed by atoms with Gasteiger partial charge in [0, 0.05) is 11.1 Å². The highest BCUT2D eigenvalue weighted by atomic mass is 16.2. The highest BCUT2D eigenvalue weighted by molar-refractivity contribution is 5.97. The highest BCUT2D eigenvalue weighted by Crippen LogP contribution is 2.21. The first-order chi connectivity index (χ1) is 14.1.